The quantitative estimate of drug-likeness (QED) is 0.790. The van der Waals surface area contributed by atoms with Gasteiger partial charge in [-0.05, 0) is 48.4 Å². The van der Waals surface area contributed by atoms with E-state index in [1.54, 1.807) is 45.5 Å². The van der Waals surface area contributed by atoms with Gasteiger partial charge in [-0.2, -0.15) is 0 Å². The Morgan fingerprint density at radius 3 is 2.00 bits per heavy atom. The van der Waals surface area contributed by atoms with Gasteiger partial charge in [0.25, 0.3) is 0 Å². The number of nitrogens with zero attached hydrogens (tertiary/aromatic N) is 1. The molecular weight excluding hydrogens is 332 g/mol. The summed E-state index contributed by atoms with van der Waals surface area (Å²) >= 11 is 0. The molecule has 2 aromatic rings. The van der Waals surface area contributed by atoms with Crippen LogP contribution >= 0.6 is 0 Å². The smallest absolute Gasteiger partial charge is 0.243 e. The Kier molecular flexibility index (Phi) is 7.02. The first-order valence-electron chi connectivity index (χ1n) is 8.32. The summed E-state index contributed by atoms with van der Waals surface area (Å²) in [6.07, 6.45) is 0.964. The number of rotatable bonds is 8. The highest BCUT2D eigenvalue weighted by Crippen LogP contribution is 2.15. The summed E-state index contributed by atoms with van der Waals surface area (Å²) in [5.74, 6) is 1.18. The number of likely N-dealkylation sites (N-methyl/N-ethyl adjacent to an activating group) is 1. The van der Waals surface area contributed by atoms with Crippen molar-refractivity contribution in [2.45, 2.75) is 12.8 Å². The van der Waals surface area contributed by atoms with E-state index in [-0.39, 0.29) is 18.4 Å². The third-order valence-corrected chi connectivity index (χ3v) is 3.97. The molecule has 0 saturated carbocycles. The maximum atomic E-state index is 12.2. The van der Waals surface area contributed by atoms with Crippen LogP contribution in [-0.2, 0) is 16.0 Å². The second kappa shape index (κ2) is 9.46. The summed E-state index contributed by atoms with van der Waals surface area (Å²) in [5.41, 5.74) is 1.71. The Bertz CT molecular complexity index is 726. The summed E-state index contributed by atoms with van der Waals surface area (Å²) in [4.78, 5) is 25.7. The van der Waals surface area contributed by atoms with Gasteiger partial charge in [0.05, 0.1) is 20.8 Å². The monoisotopic (exact) mass is 356 g/mol. The van der Waals surface area contributed by atoms with E-state index in [1.807, 2.05) is 24.3 Å². The average molecular weight is 356 g/mol. The normalized spacial score (nSPS) is 10.1. The molecule has 0 saturated heterocycles. The van der Waals surface area contributed by atoms with Crippen molar-refractivity contribution in [2.75, 3.05) is 33.1 Å². The van der Waals surface area contributed by atoms with Gasteiger partial charge < -0.3 is 19.7 Å². The molecule has 6 nitrogen and oxygen atoms in total. The van der Waals surface area contributed by atoms with Crippen LogP contribution in [0.15, 0.2) is 48.5 Å². The molecule has 1 N–H and O–H groups in total. The van der Waals surface area contributed by atoms with Crippen LogP contribution in [0, 0.1) is 0 Å². The van der Waals surface area contributed by atoms with Crippen LogP contribution in [0.5, 0.6) is 11.5 Å². The van der Waals surface area contributed by atoms with E-state index >= 15 is 0 Å². The van der Waals surface area contributed by atoms with Crippen molar-refractivity contribution in [1.29, 1.82) is 0 Å². The number of aryl methyl sites for hydroxylation is 1. The molecule has 0 unspecified atom stereocenters. The van der Waals surface area contributed by atoms with E-state index in [9.17, 15) is 9.59 Å². The predicted octanol–water partition coefficient (Wildman–Crippen LogP) is 2.73. The van der Waals surface area contributed by atoms with Crippen LogP contribution < -0.4 is 14.8 Å². The van der Waals surface area contributed by atoms with Gasteiger partial charge in [-0.3, -0.25) is 9.59 Å². The number of methoxy groups -OCH3 is 2. The Morgan fingerprint density at radius 1 is 0.923 bits per heavy atom. The predicted molar refractivity (Wildman–Crippen MR) is 101 cm³/mol. The molecule has 0 heterocycles. The number of amides is 2. The van der Waals surface area contributed by atoms with Gasteiger partial charge in [-0.15, -0.1) is 0 Å². The summed E-state index contributed by atoms with van der Waals surface area (Å²) < 4.78 is 10.2. The molecule has 0 fully saturated rings. The van der Waals surface area contributed by atoms with E-state index < -0.39 is 0 Å². The minimum Gasteiger partial charge on any atom is -0.497 e. The molecule has 2 rings (SSSR count). The molecule has 2 amide bonds. The fourth-order valence-electron chi connectivity index (χ4n) is 2.41. The number of benzene rings is 2. The van der Waals surface area contributed by atoms with Gasteiger partial charge in [-0.1, -0.05) is 12.1 Å². The fraction of sp³-hybridized carbons (Fsp3) is 0.300. The molecule has 0 aliphatic rings. The molecule has 138 valence electrons. The van der Waals surface area contributed by atoms with Crippen LogP contribution in [0.4, 0.5) is 5.69 Å². The van der Waals surface area contributed by atoms with Gasteiger partial charge in [0.1, 0.15) is 11.5 Å². The van der Waals surface area contributed by atoms with E-state index in [2.05, 4.69) is 5.32 Å². The maximum absolute atomic E-state index is 12.2. The molecule has 0 atom stereocenters. The molecule has 0 radical (unpaired) electrons. The van der Waals surface area contributed by atoms with Crippen LogP contribution in [0.3, 0.4) is 0 Å². The molecular formula is C20H24N2O4. The summed E-state index contributed by atoms with van der Waals surface area (Å²) in [5, 5.41) is 2.76. The van der Waals surface area contributed by atoms with Crippen molar-refractivity contribution in [3.05, 3.63) is 54.1 Å². The SMILES string of the molecule is COc1ccc(CCC(=O)N(C)CC(=O)Nc2ccc(OC)cc2)cc1. The highest BCUT2D eigenvalue weighted by molar-refractivity contribution is 5.94. The van der Waals surface area contributed by atoms with E-state index in [0.29, 0.717) is 24.3 Å². The molecule has 0 aliphatic carbocycles. The molecule has 0 bridgehead atoms. The lowest BCUT2D eigenvalue weighted by Gasteiger charge is -2.17. The number of ether oxygens (including phenoxy) is 2. The van der Waals surface area contributed by atoms with Crippen molar-refractivity contribution in [3.63, 3.8) is 0 Å². The van der Waals surface area contributed by atoms with Crippen LogP contribution in [0.1, 0.15) is 12.0 Å². The van der Waals surface area contributed by atoms with Crippen LogP contribution in [0.2, 0.25) is 0 Å². The Morgan fingerprint density at radius 2 is 1.46 bits per heavy atom. The Balaban J connectivity index is 1.78. The average Bonchev–Trinajstić information content (AvgIpc) is 2.66. The zero-order chi connectivity index (χ0) is 18.9. The van der Waals surface area contributed by atoms with Gasteiger partial charge in [0, 0.05) is 19.2 Å². The molecule has 6 heteroatoms. The first-order valence-corrected chi connectivity index (χ1v) is 8.32. The number of carbonyl (C=O) groups excluding carboxylic acids is 2. The largest absolute Gasteiger partial charge is 0.497 e. The topological polar surface area (TPSA) is 67.9 Å². The lowest BCUT2D eigenvalue weighted by molar-refractivity contribution is -0.133. The van der Waals surface area contributed by atoms with E-state index in [0.717, 1.165) is 11.3 Å². The number of nitrogens with one attached hydrogen (secondary N) is 1. The molecule has 0 spiro atoms. The summed E-state index contributed by atoms with van der Waals surface area (Å²) in [6.45, 7) is 0.00742. The van der Waals surface area contributed by atoms with E-state index in [1.165, 1.54) is 4.90 Å². The minimum absolute atomic E-state index is 0.00742. The van der Waals surface area contributed by atoms with Crippen LogP contribution in [0.25, 0.3) is 0 Å². The standard InChI is InChI=1S/C20H24N2O4/c1-22(14-19(23)21-16-7-11-18(26-3)12-8-16)20(24)13-6-15-4-9-17(25-2)10-5-15/h4-5,7-12H,6,13-14H2,1-3H3,(H,21,23). The first-order chi connectivity index (χ1) is 12.5. The first kappa shape index (κ1) is 19.3. The molecule has 0 aliphatic heterocycles. The molecule has 2 aromatic carbocycles. The number of hydrogen-bond donors (Lipinski definition) is 1. The minimum atomic E-state index is -0.240. The van der Waals surface area contributed by atoms with Gasteiger partial charge in [0.2, 0.25) is 11.8 Å². The van der Waals surface area contributed by atoms with Gasteiger partial charge in [0.15, 0.2) is 0 Å². The second-order valence-corrected chi connectivity index (χ2v) is 5.87. The third-order valence-electron chi connectivity index (χ3n) is 3.97. The van der Waals surface area contributed by atoms with Crippen molar-refractivity contribution in [3.8, 4) is 11.5 Å². The fourth-order valence-corrected chi connectivity index (χ4v) is 2.41. The van der Waals surface area contributed by atoms with E-state index in [4.69, 9.17) is 9.47 Å². The van der Waals surface area contributed by atoms with Crippen molar-refractivity contribution < 1.29 is 19.1 Å². The maximum Gasteiger partial charge on any atom is 0.243 e. The molecule has 26 heavy (non-hydrogen) atoms. The van der Waals surface area contributed by atoms with Crippen molar-refractivity contribution in [2.24, 2.45) is 0 Å². The third kappa shape index (κ3) is 5.81. The lowest BCUT2D eigenvalue weighted by atomic mass is 10.1. The zero-order valence-corrected chi connectivity index (χ0v) is 15.3. The van der Waals surface area contributed by atoms with Crippen LogP contribution in [-0.4, -0.2) is 44.5 Å². The highest BCUT2D eigenvalue weighted by atomic mass is 16.5. The van der Waals surface area contributed by atoms with Gasteiger partial charge in [-0.25, -0.2) is 0 Å². The molecule has 0 aromatic heterocycles. The number of hydrogen-bond acceptors (Lipinski definition) is 4. The second-order valence-electron chi connectivity index (χ2n) is 5.87. The van der Waals surface area contributed by atoms with Gasteiger partial charge >= 0.3 is 0 Å². The summed E-state index contributed by atoms with van der Waals surface area (Å²) in [7, 11) is 4.83. The summed E-state index contributed by atoms with van der Waals surface area (Å²) in [6, 6.07) is 14.6. The number of carbonyl (C=O) groups is 2. The van der Waals surface area contributed by atoms with Crippen molar-refractivity contribution >= 4 is 17.5 Å². The van der Waals surface area contributed by atoms with Crippen molar-refractivity contribution in [1.82, 2.24) is 4.90 Å². The zero-order valence-electron chi connectivity index (χ0n) is 15.3. The Labute approximate surface area is 153 Å². The highest BCUT2D eigenvalue weighted by Gasteiger charge is 2.13. The lowest BCUT2D eigenvalue weighted by Crippen LogP contribution is -2.35. The Hall–Kier alpha value is -3.02. The number of anilines is 1.